The van der Waals surface area contributed by atoms with Gasteiger partial charge in [0.25, 0.3) is 0 Å². The predicted molar refractivity (Wildman–Crippen MR) is 39.8 cm³/mol. The van der Waals surface area contributed by atoms with Crippen molar-refractivity contribution in [2.45, 2.75) is 19.1 Å². The molecular weight excluding hydrogens is 185 g/mol. The Morgan fingerprint density at radius 3 is 2.62 bits per heavy atom. The molecule has 0 aromatic rings. The minimum atomic E-state index is -4.60. The molecule has 13 heavy (non-hydrogen) atoms. The summed E-state index contributed by atoms with van der Waals surface area (Å²) in [6.45, 7) is 1.11. The zero-order valence-electron chi connectivity index (χ0n) is 6.95. The summed E-state index contributed by atoms with van der Waals surface area (Å²) in [4.78, 5) is 10.9. The van der Waals surface area contributed by atoms with Gasteiger partial charge in [0.15, 0.2) is 0 Å². The van der Waals surface area contributed by atoms with Crippen molar-refractivity contribution in [2.75, 3.05) is 13.1 Å². The number of carbonyl (C=O) groups is 1. The van der Waals surface area contributed by atoms with E-state index >= 15 is 0 Å². The van der Waals surface area contributed by atoms with Crippen molar-refractivity contribution in [3.63, 3.8) is 0 Å². The lowest BCUT2D eigenvalue weighted by atomic mass is 9.99. The molecule has 6 heteroatoms. The molecule has 1 amide bonds. The Kier molecular flexibility index (Phi) is 3.13. The van der Waals surface area contributed by atoms with Crippen LogP contribution in [0.5, 0.6) is 0 Å². The van der Waals surface area contributed by atoms with Crippen LogP contribution in [-0.4, -0.2) is 25.3 Å². The largest absolute Gasteiger partial charge is 0.484 e. The molecule has 0 aromatic heterocycles. The van der Waals surface area contributed by atoms with Crippen molar-refractivity contribution < 1.29 is 18.0 Å². The quantitative estimate of drug-likeness (QED) is 0.604. The molecule has 0 spiro atoms. The number of nitrogens with one attached hydrogen (secondary N) is 2. The molecule has 1 atom stereocenters. The van der Waals surface area contributed by atoms with Crippen LogP contribution in [-0.2, 0) is 4.79 Å². The minimum Gasteiger partial charge on any atom is -0.316 e. The van der Waals surface area contributed by atoms with E-state index in [9.17, 15) is 18.0 Å². The van der Waals surface area contributed by atoms with E-state index in [0.717, 1.165) is 18.3 Å². The monoisotopic (exact) mass is 196 g/mol. The first-order valence-electron chi connectivity index (χ1n) is 4.08. The smallest absolute Gasteiger partial charge is 0.316 e. The summed E-state index contributed by atoms with van der Waals surface area (Å²) in [6, 6.07) is 0. The van der Waals surface area contributed by atoms with Crippen LogP contribution in [0.15, 0.2) is 0 Å². The van der Waals surface area contributed by atoms with E-state index in [1.807, 2.05) is 0 Å². The second-order valence-electron chi connectivity index (χ2n) is 3.03. The highest BCUT2D eigenvalue weighted by Crippen LogP contribution is 2.14. The Morgan fingerprint density at radius 2 is 2.15 bits per heavy atom. The van der Waals surface area contributed by atoms with E-state index in [4.69, 9.17) is 0 Å². The molecule has 1 unspecified atom stereocenters. The number of rotatable bonds is 1. The van der Waals surface area contributed by atoms with Crippen LogP contribution in [0.25, 0.3) is 0 Å². The number of piperidine rings is 1. The Bertz CT molecular complexity index is 187. The van der Waals surface area contributed by atoms with Crippen molar-refractivity contribution >= 4 is 5.91 Å². The van der Waals surface area contributed by atoms with Crippen LogP contribution in [0.3, 0.4) is 0 Å². The molecule has 3 nitrogen and oxygen atoms in total. The zero-order valence-corrected chi connectivity index (χ0v) is 6.95. The highest BCUT2D eigenvalue weighted by molar-refractivity contribution is 5.79. The summed E-state index contributed by atoms with van der Waals surface area (Å²) in [6.07, 6.45) is -3.33. The second-order valence-corrected chi connectivity index (χ2v) is 3.03. The molecule has 76 valence electrons. The van der Waals surface area contributed by atoms with Gasteiger partial charge < -0.3 is 5.32 Å². The Balaban J connectivity index is 2.38. The summed E-state index contributed by atoms with van der Waals surface area (Å²) in [5.41, 5.74) is 0. The normalized spacial score (nSPS) is 24.1. The van der Waals surface area contributed by atoms with Gasteiger partial charge >= 0.3 is 6.30 Å². The first-order valence-corrected chi connectivity index (χ1v) is 4.08. The van der Waals surface area contributed by atoms with Gasteiger partial charge in [-0.3, -0.25) is 10.1 Å². The number of hydrogen-bond donors (Lipinski definition) is 2. The summed E-state index contributed by atoms with van der Waals surface area (Å²) in [7, 11) is 0. The summed E-state index contributed by atoms with van der Waals surface area (Å²) < 4.78 is 35.1. The second kappa shape index (κ2) is 3.95. The van der Waals surface area contributed by atoms with Gasteiger partial charge in [0.2, 0.25) is 5.91 Å². The van der Waals surface area contributed by atoms with E-state index in [1.165, 1.54) is 0 Å². The Hall–Kier alpha value is -0.780. The van der Waals surface area contributed by atoms with Crippen LogP contribution < -0.4 is 10.6 Å². The fraction of sp³-hybridized carbons (Fsp3) is 0.857. The van der Waals surface area contributed by atoms with Crippen molar-refractivity contribution in [3.05, 3.63) is 0 Å². The number of alkyl halides is 3. The Labute approximate surface area is 73.7 Å². The van der Waals surface area contributed by atoms with E-state index in [0.29, 0.717) is 13.0 Å². The molecular formula is C7H11F3N2O. The van der Waals surface area contributed by atoms with E-state index < -0.39 is 18.1 Å². The van der Waals surface area contributed by atoms with Crippen molar-refractivity contribution in [2.24, 2.45) is 5.92 Å². The average Bonchev–Trinajstić information content (AvgIpc) is 2.03. The van der Waals surface area contributed by atoms with Gasteiger partial charge in [0, 0.05) is 6.54 Å². The van der Waals surface area contributed by atoms with Crippen LogP contribution in [0.4, 0.5) is 13.2 Å². The molecule has 2 N–H and O–H groups in total. The Morgan fingerprint density at radius 1 is 1.46 bits per heavy atom. The maximum atomic E-state index is 11.7. The zero-order chi connectivity index (χ0) is 9.90. The van der Waals surface area contributed by atoms with E-state index in [1.54, 1.807) is 0 Å². The first kappa shape index (κ1) is 10.3. The molecule has 0 aliphatic carbocycles. The SMILES string of the molecule is O=C(NC(F)(F)F)C1CCCNC1. The van der Waals surface area contributed by atoms with Crippen molar-refractivity contribution in [1.82, 2.24) is 10.6 Å². The molecule has 0 bridgehead atoms. The minimum absolute atomic E-state index is 0.335. The molecule has 1 fully saturated rings. The van der Waals surface area contributed by atoms with Crippen LogP contribution in [0, 0.1) is 5.92 Å². The topological polar surface area (TPSA) is 41.1 Å². The third-order valence-corrected chi connectivity index (χ3v) is 1.93. The summed E-state index contributed by atoms with van der Waals surface area (Å²) in [5, 5.41) is 3.88. The van der Waals surface area contributed by atoms with Crippen LogP contribution in [0.1, 0.15) is 12.8 Å². The third kappa shape index (κ3) is 3.63. The number of hydrogen-bond acceptors (Lipinski definition) is 2. The molecule has 1 saturated heterocycles. The van der Waals surface area contributed by atoms with E-state index in [-0.39, 0.29) is 0 Å². The molecule has 0 radical (unpaired) electrons. The van der Waals surface area contributed by atoms with E-state index in [2.05, 4.69) is 5.32 Å². The standard InChI is InChI=1S/C7H11F3N2O/c8-7(9,10)12-6(13)5-2-1-3-11-4-5/h5,11H,1-4H2,(H,12,13). The highest BCUT2D eigenvalue weighted by Gasteiger charge is 2.33. The summed E-state index contributed by atoms with van der Waals surface area (Å²) in [5.74, 6) is -1.48. The lowest BCUT2D eigenvalue weighted by molar-refractivity contribution is -0.172. The molecule has 1 aliphatic heterocycles. The van der Waals surface area contributed by atoms with Crippen molar-refractivity contribution in [3.8, 4) is 0 Å². The average molecular weight is 196 g/mol. The van der Waals surface area contributed by atoms with Gasteiger partial charge in [0.1, 0.15) is 0 Å². The molecule has 1 rings (SSSR count). The van der Waals surface area contributed by atoms with Gasteiger partial charge in [-0.05, 0) is 19.4 Å². The highest BCUT2D eigenvalue weighted by atomic mass is 19.4. The summed E-state index contributed by atoms with van der Waals surface area (Å²) >= 11 is 0. The van der Waals surface area contributed by atoms with Crippen LogP contribution in [0.2, 0.25) is 0 Å². The van der Waals surface area contributed by atoms with Gasteiger partial charge in [-0.25, -0.2) is 0 Å². The maximum Gasteiger partial charge on any atom is 0.484 e. The first-order chi connectivity index (χ1) is 5.99. The van der Waals surface area contributed by atoms with Gasteiger partial charge in [-0.15, -0.1) is 0 Å². The van der Waals surface area contributed by atoms with Gasteiger partial charge in [-0.2, -0.15) is 13.2 Å². The number of halogens is 3. The van der Waals surface area contributed by atoms with Crippen LogP contribution >= 0.6 is 0 Å². The van der Waals surface area contributed by atoms with Gasteiger partial charge in [-0.1, -0.05) is 0 Å². The molecule has 0 aromatic carbocycles. The number of amides is 1. The predicted octanol–water partition coefficient (Wildman–Crippen LogP) is 0.622. The lowest BCUT2D eigenvalue weighted by Gasteiger charge is -2.22. The maximum absolute atomic E-state index is 11.7. The fourth-order valence-corrected chi connectivity index (χ4v) is 1.32. The fourth-order valence-electron chi connectivity index (χ4n) is 1.32. The molecule has 1 aliphatic rings. The molecule has 0 saturated carbocycles. The lowest BCUT2D eigenvalue weighted by Crippen LogP contribution is -2.45. The number of carbonyl (C=O) groups excluding carboxylic acids is 1. The van der Waals surface area contributed by atoms with Gasteiger partial charge in [0.05, 0.1) is 5.92 Å². The molecule has 1 heterocycles. The third-order valence-electron chi connectivity index (χ3n) is 1.93. The van der Waals surface area contributed by atoms with Crippen molar-refractivity contribution in [1.29, 1.82) is 0 Å².